The highest BCUT2D eigenvalue weighted by Crippen LogP contribution is 2.34. The van der Waals surface area contributed by atoms with Crippen molar-refractivity contribution in [1.29, 1.82) is 0 Å². The van der Waals surface area contributed by atoms with Gasteiger partial charge >= 0.3 is 11.9 Å². The van der Waals surface area contributed by atoms with E-state index >= 15 is 0 Å². The molecule has 0 aliphatic rings. The van der Waals surface area contributed by atoms with Crippen LogP contribution in [0.15, 0.2) is 53.6 Å². The molecule has 0 aliphatic carbocycles. The van der Waals surface area contributed by atoms with E-state index in [2.05, 4.69) is 0 Å². The number of hydrogen-bond donors (Lipinski definition) is 0. The lowest BCUT2D eigenvalue weighted by Crippen LogP contribution is -2.10. The standard InChI is InChI=1S/C19H17NO4S/c1-23-17(21)10-14(19(22)24-2)18-16(25-3)11-15-13-7-5-4-6-12(13)8-9-20(15)18/h4-11H,1-3H3/b14-10-. The van der Waals surface area contributed by atoms with Gasteiger partial charge in [0.05, 0.1) is 31.0 Å². The maximum Gasteiger partial charge on any atom is 0.340 e. The van der Waals surface area contributed by atoms with Crippen molar-refractivity contribution in [2.24, 2.45) is 0 Å². The fourth-order valence-electron chi connectivity index (χ4n) is 2.82. The van der Waals surface area contributed by atoms with Crippen molar-refractivity contribution in [3.63, 3.8) is 0 Å². The van der Waals surface area contributed by atoms with Crippen molar-refractivity contribution in [3.8, 4) is 0 Å². The second-order valence-electron chi connectivity index (χ2n) is 5.29. The summed E-state index contributed by atoms with van der Waals surface area (Å²) < 4.78 is 11.5. The smallest absolute Gasteiger partial charge is 0.340 e. The number of esters is 2. The number of nitrogens with zero attached hydrogens (tertiary/aromatic N) is 1. The fourth-order valence-corrected chi connectivity index (χ4v) is 3.45. The third kappa shape index (κ3) is 3.00. The molecule has 0 saturated carbocycles. The zero-order valence-electron chi connectivity index (χ0n) is 14.1. The van der Waals surface area contributed by atoms with Crippen molar-refractivity contribution in [1.82, 2.24) is 4.40 Å². The summed E-state index contributed by atoms with van der Waals surface area (Å²) in [7, 11) is 2.56. The van der Waals surface area contributed by atoms with E-state index in [0.717, 1.165) is 21.2 Å². The summed E-state index contributed by atoms with van der Waals surface area (Å²) in [5.74, 6) is -1.20. The highest BCUT2D eigenvalue weighted by atomic mass is 32.2. The summed E-state index contributed by atoms with van der Waals surface area (Å²) in [5.41, 5.74) is 1.73. The Labute approximate surface area is 149 Å². The van der Waals surface area contributed by atoms with Crippen molar-refractivity contribution in [2.75, 3.05) is 20.5 Å². The average molecular weight is 355 g/mol. The highest BCUT2D eigenvalue weighted by Gasteiger charge is 2.22. The Morgan fingerprint density at radius 2 is 1.88 bits per heavy atom. The summed E-state index contributed by atoms with van der Waals surface area (Å²) in [6, 6.07) is 12.0. The van der Waals surface area contributed by atoms with Gasteiger partial charge in [0.15, 0.2) is 0 Å². The number of fused-ring (bicyclic) bond motifs is 3. The summed E-state index contributed by atoms with van der Waals surface area (Å²) in [6.45, 7) is 0. The Morgan fingerprint density at radius 3 is 2.56 bits per heavy atom. The van der Waals surface area contributed by atoms with Crippen LogP contribution in [0, 0.1) is 0 Å². The van der Waals surface area contributed by atoms with Crippen LogP contribution >= 0.6 is 11.8 Å². The molecule has 2 aromatic heterocycles. The van der Waals surface area contributed by atoms with E-state index in [1.807, 2.05) is 53.3 Å². The zero-order chi connectivity index (χ0) is 18.0. The molecule has 0 atom stereocenters. The van der Waals surface area contributed by atoms with Crippen LogP contribution < -0.4 is 0 Å². The number of pyridine rings is 1. The number of ether oxygens (including phenoxy) is 2. The van der Waals surface area contributed by atoms with E-state index in [1.165, 1.54) is 32.1 Å². The van der Waals surface area contributed by atoms with Crippen LogP contribution in [-0.4, -0.2) is 36.8 Å². The molecule has 128 valence electrons. The lowest BCUT2D eigenvalue weighted by molar-refractivity contribution is -0.136. The number of methoxy groups -OCH3 is 2. The first-order chi connectivity index (χ1) is 12.1. The molecule has 0 saturated heterocycles. The predicted molar refractivity (Wildman–Crippen MR) is 98.7 cm³/mol. The zero-order valence-corrected chi connectivity index (χ0v) is 14.9. The van der Waals surface area contributed by atoms with Crippen molar-refractivity contribution in [3.05, 3.63) is 54.4 Å². The van der Waals surface area contributed by atoms with Gasteiger partial charge in [-0.15, -0.1) is 11.8 Å². The van der Waals surface area contributed by atoms with E-state index in [0.29, 0.717) is 5.69 Å². The van der Waals surface area contributed by atoms with Crippen molar-refractivity contribution >= 4 is 45.6 Å². The molecule has 2 heterocycles. The maximum atomic E-state index is 12.3. The van der Waals surface area contributed by atoms with Gasteiger partial charge in [-0.2, -0.15) is 0 Å². The number of carbonyl (C=O) groups excluding carboxylic acids is 2. The molecule has 0 spiro atoms. The molecule has 5 nitrogen and oxygen atoms in total. The molecule has 3 rings (SSSR count). The number of benzene rings is 1. The van der Waals surface area contributed by atoms with Crippen LogP contribution in [0.4, 0.5) is 0 Å². The minimum absolute atomic E-state index is 0.161. The van der Waals surface area contributed by atoms with Crippen molar-refractivity contribution < 1.29 is 19.1 Å². The lowest BCUT2D eigenvalue weighted by atomic mass is 10.1. The molecular weight excluding hydrogens is 338 g/mol. The van der Waals surface area contributed by atoms with Gasteiger partial charge in [-0.05, 0) is 23.8 Å². The molecule has 0 aliphatic heterocycles. The highest BCUT2D eigenvalue weighted by molar-refractivity contribution is 7.98. The van der Waals surface area contributed by atoms with E-state index < -0.39 is 11.9 Å². The van der Waals surface area contributed by atoms with Crippen LogP contribution in [0.25, 0.3) is 21.9 Å². The topological polar surface area (TPSA) is 57.0 Å². The van der Waals surface area contributed by atoms with E-state index in [9.17, 15) is 9.59 Å². The van der Waals surface area contributed by atoms with Crippen LogP contribution in [0.5, 0.6) is 0 Å². The molecular formula is C19H17NO4S. The lowest BCUT2D eigenvalue weighted by Gasteiger charge is -2.09. The van der Waals surface area contributed by atoms with Gasteiger partial charge < -0.3 is 13.9 Å². The molecule has 6 heteroatoms. The molecule has 0 unspecified atom stereocenters. The Balaban J connectivity index is 2.36. The average Bonchev–Trinajstić information content (AvgIpc) is 3.04. The van der Waals surface area contributed by atoms with Gasteiger partial charge in [0, 0.05) is 22.6 Å². The molecule has 1 aromatic carbocycles. The van der Waals surface area contributed by atoms with Crippen LogP contribution in [-0.2, 0) is 19.1 Å². The van der Waals surface area contributed by atoms with Crippen LogP contribution in [0.3, 0.4) is 0 Å². The maximum absolute atomic E-state index is 12.3. The van der Waals surface area contributed by atoms with E-state index in [4.69, 9.17) is 9.47 Å². The van der Waals surface area contributed by atoms with E-state index in [1.54, 1.807) is 0 Å². The Hall–Kier alpha value is -2.73. The number of carbonyl (C=O) groups is 2. The molecule has 0 radical (unpaired) electrons. The molecule has 0 bridgehead atoms. The minimum Gasteiger partial charge on any atom is -0.466 e. The second kappa shape index (κ2) is 7.03. The number of hydrogen-bond acceptors (Lipinski definition) is 5. The third-order valence-electron chi connectivity index (χ3n) is 3.99. The Morgan fingerprint density at radius 1 is 1.12 bits per heavy atom. The Kier molecular flexibility index (Phi) is 4.81. The number of rotatable bonds is 4. The van der Waals surface area contributed by atoms with E-state index in [-0.39, 0.29) is 5.57 Å². The normalized spacial score (nSPS) is 11.7. The molecule has 25 heavy (non-hydrogen) atoms. The summed E-state index contributed by atoms with van der Waals surface area (Å²) >= 11 is 1.50. The van der Waals surface area contributed by atoms with Gasteiger partial charge in [0.1, 0.15) is 0 Å². The SMILES string of the molecule is COC(=O)/C=C(\C(=O)OC)c1c(SC)cc2c3ccccc3ccn12. The quantitative estimate of drug-likeness (QED) is 0.407. The summed E-state index contributed by atoms with van der Waals surface area (Å²) in [5, 5.41) is 2.16. The van der Waals surface area contributed by atoms with Crippen molar-refractivity contribution in [2.45, 2.75) is 4.90 Å². The van der Waals surface area contributed by atoms with Gasteiger partial charge in [0.25, 0.3) is 0 Å². The van der Waals surface area contributed by atoms with Gasteiger partial charge in [0.2, 0.25) is 0 Å². The first-order valence-corrected chi connectivity index (χ1v) is 8.78. The monoisotopic (exact) mass is 355 g/mol. The third-order valence-corrected chi connectivity index (χ3v) is 4.74. The molecule has 3 aromatic rings. The first-order valence-electron chi connectivity index (χ1n) is 7.55. The minimum atomic E-state index is -0.608. The van der Waals surface area contributed by atoms with Gasteiger partial charge in [-0.25, -0.2) is 9.59 Å². The molecule has 0 amide bonds. The predicted octanol–water partition coefficient (Wildman–Crippen LogP) is 3.54. The van der Waals surface area contributed by atoms with Crippen LogP contribution in [0.2, 0.25) is 0 Å². The van der Waals surface area contributed by atoms with Gasteiger partial charge in [-0.1, -0.05) is 24.3 Å². The second-order valence-corrected chi connectivity index (χ2v) is 6.14. The summed E-state index contributed by atoms with van der Waals surface area (Å²) in [4.78, 5) is 25.0. The first kappa shape index (κ1) is 17.1. The fraction of sp³-hybridized carbons (Fsp3) is 0.158. The molecule has 0 N–H and O–H groups in total. The summed E-state index contributed by atoms with van der Waals surface area (Å²) in [6.07, 6.45) is 4.98. The number of aromatic nitrogens is 1. The largest absolute Gasteiger partial charge is 0.466 e. The molecule has 0 fully saturated rings. The van der Waals surface area contributed by atoms with Gasteiger partial charge in [-0.3, -0.25) is 0 Å². The Bertz CT molecular complexity index is 1000. The number of thioether (sulfide) groups is 1. The van der Waals surface area contributed by atoms with Crippen LogP contribution in [0.1, 0.15) is 5.69 Å².